The van der Waals surface area contributed by atoms with Crippen LogP contribution in [0.5, 0.6) is 0 Å². The SMILES string of the molecule is O=C(O)CC(=O)C(=O)O.[Na]. The van der Waals surface area contributed by atoms with E-state index in [0.717, 1.165) is 0 Å². The molecular formula is C4H4NaO5. The van der Waals surface area contributed by atoms with Gasteiger partial charge < -0.3 is 10.2 Å². The van der Waals surface area contributed by atoms with Crippen molar-refractivity contribution in [3.05, 3.63) is 0 Å². The van der Waals surface area contributed by atoms with Crippen molar-refractivity contribution in [2.24, 2.45) is 0 Å². The minimum Gasteiger partial charge on any atom is -0.481 e. The first-order valence-electron chi connectivity index (χ1n) is 2.02. The smallest absolute Gasteiger partial charge is 0.372 e. The van der Waals surface area contributed by atoms with Gasteiger partial charge in [0.25, 0.3) is 5.78 Å². The molecule has 6 heteroatoms. The Labute approximate surface area is 78.3 Å². The third-order valence-corrected chi connectivity index (χ3v) is 0.550. The Bertz CT molecular complexity index is 163. The van der Waals surface area contributed by atoms with Crippen LogP contribution in [0.3, 0.4) is 0 Å². The molecular weight excluding hydrogens is 151 g/mol. The summed E-state index contributed by atoms with van der Waals surface area (Å²) in [4.78, 5) is 29.2. The van der Waals surface area contributed by atoms with Gasteiger partial charge in [0.2, 0.25) is 0 Å². The largest absolute Gasteiger partial charge is 0.481 e. The van der Waals surface area contributed by atoms with E-state index in [1.807, 2.05) is 0 Å². The van der Waals surface area contributed by atoms with E-state index in [0.29, 0.717) is 0 Å². The molecule has 0 aromatic heterocycles. The van der Waals surface area contributed by atoms with Crippen molar-refractivity contribution in [1.82, 2.24) is 0 Å². The zero-order valence-corrected chi connectivity index (χ0v) is 7.33. The Morgan fingerprint density at radius 1 is 1.10 bits per heavy atom. The average molecular weight is 155 g/mol. The van der Waals surface area contributed by atoms with Gasteiger partial charge in [0, 0.05) is 29.6 Å². The van der Waals surface area contributed by atoms with E-state index >= 15 is 0 Å². The van der Waals surface area contributed by atoms with Gasteiger partial charge in [-0.1, -0.05) is 0 Å². The van der Waals surface area contributed by atoms with Gasteiger partial charge in [-0.15, -0.1) is 0 Å². The maximum atomic E-state index is 9.97. The fourth-order valence-electron chi connectivity index (χ4n) is 0.213. The molecule has 1 radical (unpaired) electrons. The zero-order valence-electron chi connectivity index (χ0n) is 5.33. The van der Waals surface area contributed by atoms with Crippen molar-refractivity contribution in [3.8, 4) is 0 Å². The van der Waals surface area contributed by atoms with E-state index < -0.39 is 24.1 Å². The van der Waals surface area contributed by atoms with Gasteiger partial charge in [0.15, 0.2) is 0 Å². The second-order valence-electron chi connectivity index (χ2n) is 1.30. The van der Waals surface area contributed by atoms with Crippen molar-refractivity contribution in [3.63, 3.8) is 0 Å². The number of Topliss-reactive ketones (excluding diaryl/α,β-unsaturated/α-hetero) is 1. The first-order valence-corrected chi connectivity index (χ1v) is 2.02. The molecule has 0 rings (SSSR count). The van der Waals surface area contributed by atoms with Gasteiger partial charge >= 0.3 is 11.9 Å². The number of carboxylic acid groups (broad SMARTS) is 2. The predicted molar refractivity (Wildman–Crippen MR) is 30.6 cm³/mol. The van der Waals surface area contributed by atoms with E-state index in [1.165, 1.54) is 0 Å². The molecule has 0 aromatic rings. The number of carbonyl (C=O) groups excluding carboxylic acids is 1. The molecule has 0 saturated carbocycles. The number of hydrogen-bond donors (Lipinski definition) is 2. The topological polar surface area (TPSA) is 91.7 Å². The second kappa shape index (κ2) is 5.40. The molecule has 0 saturated heterocycles. The molecule has 0 spiro atoms. The van der Waals surface area contributed by atoms with Crippen LogP contribution in [-0.2, 0) is 14.4 Å². The normalized spacial score (nSPS) is 7.60. The van der Waals surface area contributed by atoms with Crippen LogP contribution in [0.25, 0.3) is 0 Å². The summed E-state index contributed by atoms with van der Waals surface area (Å²) in [5.41, 5.74) is 0. The number of carbonyl (C=O) groups is 3. The standard InChI is InChI=1S/C4H4O5.Na/c5-2(4(8)9)1-3(6)7;/h1H2,(H,6,7)(H,8,9);. The fraction of sp³-hybridized carbons (Fsp3) is 0.250. The number of ketones is 1. The fourth-order valence-corrected chi connectivity index (χ4v) is 0.213. The van der Waals surface area contributed by atoms with Gasteiger partial charge in [0.05, 0.1) is 0 Å². The minimum atomic E-state index is -1.71. The molecule has 0 aliphatic heterocycles. The van der Waals surface area contributed by atoms with Crippen molar-refractivity contribution < 1.29 is 24.6 Å². The van der Waals surface area contributed by atoms with E-state index in [9.17, 15) is 14.4 Å². The van der Waals surface area contributed by atoms with Crippen LogP contribution in [0.1, 0.15) is 6.42 Å². The van der Waals surface area contributed by atoms with Gasteiger partial charge in [-0.2, -0.15) is 0 Å². The Kier molecular flexibility index (Phi) is 6.64. The predicted octanol–water partition coefficient (Wildman–Crippen LogP) is -1.27. The first-order chi connectivity index (χ1) is 4.04. The number of hydrogen-bond acceptors (Lipinski definition) is 3. The molecule has 51 valence electrons. The Hall–Kier alpha value is -0.390. The zero-order chi connectivity index (χ0) is 7.44. The van der Waals surface area contributed by atoms with Crippen LogP contribution in [0.15, 0.2) is 0 Å². The van der Waals surface area contributed by atoms with Crippen molar-refractivity contribution in [1.29, 1.82) is 0 Å². The summed E-state index contributed by atoms with van der Waals surface area (Å²) < 4.78 is 0. The molecule has 5 nitrogen and oxygen atoms in total. The van der Waals surface area contributed by atoms with Gasteiger partial charge in [0.1, 0.15) is 6.42 Å². The van der Waals surface area contributed by atoms with Crippen LogP contribution in [0, 0.1) is 0 Å². The van der Waals surface area contributed by atoms with Crippen molar-refractivity contribution in [2.45, 2.75) is 6.42 Å². The number of aliphatic carboxylic acids is 2. The molecule has 0 heterocycles. The molecule has 0 atom stereocenters. The third kappa shape index (κ3) is 5.74. The number of carboxylic acids is 2. The van der Waals surface area contributed by atoms with Crippen LogP contribution in [-0.4, -0.2) is 57.5 Å². The second-order valence-corrected chi connectivity index (χ2v) is 1.30. The maximum absolute atomic E-state index is 9.97. The molecule has 0 aliphatic rings. The molecule has 10 heavy (non-hydrogen) atoms. The van der Waals surface area contributed by atoms with Gasteiger partial charge in [-0.25, -0.2) is 4.79 Å². The van der Waals surface area contributed by atoms with Crippen LogP contribution >= 0.6 is 0 Å². The summed E-state index contributed by atoms with van der Waals surface area (Å²) in [6.07, 6.45) is -0.949. The number of rotatable bonds is 3. The van der Waals surface area contributed by atoms with E-state index in [2.05, 4.69) is 0 Å². The Balaban J connectivity index is 0. The molecule has 0 unspecified atom stereocenters. The van der Waals surface area contributed by atoms with Crippen LogP contribution < -0.4 is 0 Å². The molecule has 2 N–H and O–H groups in total. The van der Waals surface area contributed by atoms with Gasteiger partial charge in [-0.05, 0) is 0 Å². The van der Waals surface area contributed by atoms with E-state index in [4.69, 9.17) is 10.2 Å². The quantitative estimate of drug-likeness (QED) is 0.301. The summed E-state index contributed by atoms with van der Waals surface area (Å²) >= 11 is 0. The van der Waals surface area contributed by atoms with Crippen LogP contribution in [0.4, 0.5) is 0 Å². The maximum Gasteiger partial charge on any atom is 0.372 e. The Morgan fingerprint density at radius 3 is 1.60 bits per heavy atom. The van der Waals surface area contributed by atoms with E-state index in [-0.39, 0.29) is 29.6 Å². The monoisotopic (exact) mass is 155 g/mol. The summed E-state index contributed by atoms with van der Waals surface area (Å²) in [5.74, 6) is -4.44. The Morgan fingerprint density at radius 2 is 1.50 bits per heavy atom. The minimum absolute atomic E-state index is 0. The summed E-state index contributed by atoms with van der Waals surface area (Å²) in [6, 6.07) is 0. The summed E-state index contributed by atoms with van der Waals surface area (Å²) in [5, 5.41) is 15.7. The molecule has 0 fully saturated rings. The molecule has 0 bridgehead atoms. The third-order valence-electron chi connectivity index (χ3n) is 0.550. The average Bonchev–Trinajstić information content (AvgIpc) is 1.63. The summed E-state index contributed by atoms with van der Waals surface area (Å²) in [7, 11) is 0. The summed E-state index contributed by atoms with van der Waals surface area (Å²) in [6.45, 7) is 0. The molecule has 0 aromatic carbocycles. The van der Waals surface area contributed by atoms with Gasteiger partial charge in [-0.3, -0.25) is 9.59 Å². The van der Waals surface area contributed by atoms with Crippen molar-refractivity contribution in [2.75, 3.05) is 0 Å². The molecule has 0 aliphatic carbocycles. The van der Waals surface area contributed by atoms with E-state index in [1.54, 1.807) is 0 Å². The van der Waals surface area contributed by atoms with Crippen molar-refractivity contribution >= 4 is 47.3 Å². The molecule has 0 amide bonds. The first kappa shape index (κ1) is 12.3. The van der Waals surface area contributed by atoms with Crippen LogP contribution in [0.2, 0.25) is 0 Å².